The van der Waals surface area contributed by atoms with E-state index in [2.05, 4.69) is 0 Å². The Labute approximate surface area is 89.5 Å². The Bertz CT molecular complexity index is 211. The van der Waals surface area contributed by atoms with Crippen LogP contribution in [0.3, 0.4) is 0 Å². The minimum absolute atomic E-state index is 0.0552. The second-order valence-electron chi connectivity index (χ2n) is 4.29. The molecule has 1 aliphatic rings. The van der Waals surface area contributed by atoms with Gasteiger partial charge in [0, 0.05) is 19.8 Å². The van der Waals surface area contributed by atoms with Crippen molar-refractivity contribution in [1.82, 2.24) is 0 Å². The molecular formula is C10H19NO4. The molecule has 1 aliphatic heterocycles. The largest absolute Gasteiger partial charge is 0.480 e. The number of carboxylic acid groups (broad SMARTS) is 1. The first-order valence-electron chi connectivity index (χ1n) is 5.20. The fourth-order valence-corrected chi connectivity index (χ4v) is 1.41. The Balaban J connectivity index is 2.17. The van der Waals surface area contributed by atoms with Gasteiger partial charge in [0.05, 0.1) is 6.61 Å². The summed E-state index contributed by atoms with van der Waals surface area (Å²) in [4.78, 5) is 10.7. The molecule has 0 aromatic carbocycles. The average molecular weight is 217 g/mol. The average Bonchev–Trinajstić information content (AvgIpc) is 2.19. The summed E-state index contributed by atoms with van der Waals surface area (Å²) in [5, 5.41) is 8.75. The van der Waals surface area contributed by atoms with Crippen LogP contribution in [0.2, 0.25) is 0 Å². The lowest BCUT2D eigenvalue weighted by Gasteiger charge is -2.24. The molecule has 0 amide bonds. The molecule has 1 saturated heterocycles. The summed E-state index contributed by atoms with van der Waals surface area (Å²) >= 11 is 0. The van der Waals surface area contributed by atoms with Crippen molar-refractivity contribution in [3.05, 3.63) is 0 Å². The van der Waals surface area contributed by atoms with E-state index in [1.807, 2.05) is 0 Å². The van der Waals surface area contributed by atoms with Gasteiger partial charge in [0.15, 0.2) is 0 Å². The summed E-state index contributed by atoms with van der Waals surface area (Å²) in [5.74, 6) is -0.558. The van der Waals surface area contributed by atoms with Crippen LogP contribution in [-0.4, -0.2) is 43.0 Å². The van der Waals surface area contributed by atoms with E-state index in [1.165, 1.54) is 6.92 Å². The molecule has 0 saturated carbocycles. The second-order valence-corrected chi connectivity index (χ2v) is 4.29. The summed E-state index contributed by atoms with van der Waals surface area (Å²) in [6.07, 6.45) is 1.96. The van der Waals surface area contributed by atoms with Gasteiger partial charge in [0.2, 0.25) is 0 Å². The molecule has 1 heterocycles. The molecule has 1 fully saturated rings. The van der Waals surface area contributed by atoms with E-state index in [1.54, 1.807) is 0 Å². The van der Waals surface area contributed by atoms with E-state index in [-0.39, 0.29) is 6.61 Å². The summed E-state index contributed by atoms with van der Waals surface area (Å²) < 4.78 is 10.5. The summed E-state index contributed by atoms with van der Waals surface area (Å²) in [5.41, 5.74) is 4.24. The molecule has 1 atom stereocenters. The Morgan fingerprint density at radius 1 is 1.60 bits per heavy atom. The van der Waals surface area contributed by atoms with Gasteiger partial charge in [-0.3, -0.25) is 4.79 Å². The van der Waals surface area contributed by atoms with Gasteiger partial charge < -0.3 is 20.3 Å². The van der Waals surface area contributed by atoms with Gasteiger partial charge in [-0.2, -0.15) is 0 Å². The van der Waals surface area contributed by atoms with Crippen molar-refractivity contribution in [2.24, 2.45) is 11.7 Å². The van der Waals surface area contributed by atoms with Crippen LogP contribution < -0.4 is 5.73 Å². The van der Waals surface area contributed by atoms with Gasteiger partial charge in [-0.05, 0) is 25.7 Å². The second kappa shape index (κ2) is 5.44. The van der Waals surface area contributed by atoms with Gasteiger partial charge in [0.1, 0.15) is 5.54 Å². The number of hydrogen-bond donors (Lipinski definition) is 2. The third kappa shape index (κ3) is 4.15. The van der Waals surface area contributed by atoms with E-state index in [0.717, 1.165) is 26.1 Å². The summed E-state index contributed by atoms with van der Waals surface area (Å²) in [6, 6.07) is 0. The molecule has 0 spiro atoms. The summed E-state index contributed by atoms with van der Waals surface area (Å²) in [6.45, 7) is 3.63. The predicted molar refractivity (Wildman–Crippen MR) is 54.6 cm³/mol. The maximum absolute atomic E-state index is 10.7. The Morgan fingerprint density at radius 2 is 2.20 bits per heavy atom. The van der Waals surface area contributed by atoms with E-state index in [9.17, 15) is 4.79 Å². The zero-order chi connectivity index (χ0) is 11.3. The molecule has 15 heavy (non-hydrogen) atoms. The lowest BCUT2D eigenvalue weighted by atomic mass is 10.0. The first kappa shape index (κ1) is 12.4. The van der Waals surface area contributed by atoms with Crippen LogP contribution in [0.15, 0.2) is 0 Å². The van der Waals surface area contributed by atoms with Crippen molar-refractivity contribution in [1.29, 1.82) is 0 Å². The number of carbonyl (C=O) groups is 1. The molecule has 3 N–H and O–H groups in total. The summed E-state index contributed by atoms with van der Waals surface area (Å²) in [7, 11) is 0. The van der Waals surface area contributed by atoms with E-state index >= 15 is 0 Å². The quantitative estimate of drug-likeness (QED) is 0.689. The SMILES string of the molecule is CC(N)(COCC1CCOCC1)C(=O)O. The van der Waals surface area contributed by atoms with Crippen LogP contribution in [0.1, 0.15) is 19.8 Å². The monoisotopic (exact) mass is 217 g/mol. The highest BCUT2D eigenvalue weighted by atomic mass is 16.5. The molecule has 1 rings (SSSR count). The molecule has 0 bridgehead atoms. The molecule has 0 aliphatic carbocycles. The van der Waals surface area contributed by atoms with Gasteiger partial charge in [-0.25, -0.2) is 0 Å². The fraction of sp³-hybridized carbons (Fsp3) is 0.900. The number of aliphatic carboxylic acids is 1. The van der Waals surface area contributed by atoms with Gasteiger partial charge in [-0.15, -0.1) is 0 Å². The van der Waals surface area contributed by atoms with Crippen LogP contribution in [0, 0.1) is 5.92 Å². The Kier molecular flexibility index (Phi) is 4.50. The van der Waals surface area contributed by atoms with Crippen molar-refractivity contribution < 1.29 is 19.4 Å². The van der Waals surface area contributed by atoms with E-state index in [0.29, 0.717) is 12.5 Å². The zero-order valence-electron chi connectivity index (χ0n) is 9.07. The number of ether oxygens (including phenoxy) is 2. The third-order valence-electron chi connectivity index (χ3n) is 2.58. The van der Waals surface area contributed by atoms with Crippen molar-refractivity contribution in [3.8, 4) is 0 Å². The zero-order valence-corrected chi connectivity index (χ0v) is 9.07. The van der Waals surface area contributed by atoms with Gasteiger partial charge >= 0.3 is 5.97 Å². The number of carboxylic acids is 1. The molecule has 0 aromatic heterocycles. The van der Waals surface area contributed by atoms with Crippen LogP contribution in [-0.2, 0) is 14.3 Å². The maximum atomic E-state index is 10.7. The first-order valence-corrected chi connectivity index (χ1v) is 5.20. The highest BCUT2D eigenvalue weighted by Gasteiger charge is 2.28. The van der Waals surface area contributed by atoms with Crippen molar-refractivity contribution >= 4 is 5.97 Å². The van der Waals surface area contributed by atoms with Crippen molar-refractivity contribution in [3.63, 3.8) is 0 Å². The lowest BCUT2D eigenvalue weighted by molar-refractivity contribution is -0.145. The topological polar surface area (TPSA) is 81.8 Å². The molecule has 1 unspecified atom stereocenters. The first-order chi connectivity index (χ1) is 7.02. The Hall–Kier alpha value is -0.650. The van der Waals surface area contributed by atoms with E-state index in [4.69, 9.17) is 20.3 Å². The smallest absolute Gasteiger partial charge is 0.325 e. The predicted octanol–water partition coefficient (Wildman–Crippen LogP) is 0.232. The standard InChI is InChI=1S/C10H19NO4/c1-10(11,9(12)13)7-15-6-8-2-4-14-5-3-8/h8H,2-7,11H2,1H3,(H,12,13). The van der Waals surface area contributed by atoms with Gasteiger partial charge in [0.25, 0.3) is 0 Å². The normalized spacial score (nSPS) is 22.3. The Morgan fingerprint density at radius 3 is 2.73 bits per heavy atom. The minimum atomic E-state index is -1.29. The van der Waals surface area contributed by atoms with Crippen LogP contribution >= 0.6 is 0 Å². The van der Waals surface area contributed by atoms with Gasteiger partial charge in [-0.1, -0.05) is 0 Å². The number of hydrogen-bond acceptors (Lipinski definition) is 4. The van der Waals surface area contributed by atoms with Crippen LogP contribution in [0.25, 0.3) is 0 Å². The molecule has 5 heteroatoms. The molecule has 5 nitrogen and oxygen atoms in total. The number of nitrogens with two attached hydrogens (primary N) is 1. The van der Waals surface area contributed by atoms with Crippen LogP contribution in [0.4, 0.5) is 0 Å². The molecule has 0 radical (unpaired) electrons. The highest BCUT2D eigenvalue weighted by Crippen LogP contribution is 2.15. The van der Waals surface area contributed by atoms with E-state index < -0.39 is 11.5 Å². The third-order valence-corrected chi connectivity index (χ3v) is 2.58. The van der Waals surface area contributed by atoms with Crippen LogP contribution in [0.5, 0.6) is 0 Å². The minimum Gasteiger partial charge on any atom is -0.480 e. The maximum Gasteiger partial charge on any atom is 0.325 e. The fourth-order valence-electron chi connectivity index (χ4n) is 1.41. The lowest BCUT2D eigenvalue weighted by Crippen LogP contribution is -2.49. The highest BCUT2D eigenvalue weighted by molar-refractivity contribution is 5.77. The molecule has 0 aromatic rings. The van der Waals surface area contributed by atoms with Crippen molar-refractivity contribution in [2.45, 2.75) is 25.3 Å². The number of rotatable bonds is 5. The molecular weight excluding hydrogens is 198 g/mol. The molecule has 88 valence electrons. The van der Waals surface area contributed by atoms with Crippen molar-refractivity contribution in [2.75, 3.05) is 26.4 Å².